The van der Waals surface area contributed by atoms with Crippen molar-refractivity contribution in [1.29, 1.82) is 0 Å². The number of carbonyl (C=O) groups excluding carboxylic acids is 1. The summed E-state index contributed by atoms with van der Waals surface area (Å²) >= 11 is 0. The van der Waals surface area contributed by atoms with Gasteiger partial charge >= 0.3 is 6.09 Å². The van der Waals surface area contributed by atoms with Crippen LogP contribution in [0.4, 0.5) is 16.3 Å². The lowest BCUT2D eigenvalue weighted by Crippen LogP contribution is -2.57. The van der Waals surface area contributed by atoms with E-state index in [0.717, 1.165) is 5.69 Å². The van der Waals surface area contributed by atoms with Crippen LogP contribution in [0, 0.1) is 0 Å². The Morgan fingerprint density at radius 1 is 1.12 bits per heavy atom. The van der Waals surface area contributed by atoms with Crippen molar-refractivity contribution in [2.45, 2.75) is 36.5 Å². The first-order chi connectivity index (χ1) is 15.5. The molecule has 2 aromatic rings. The molecule has 1 aromatic heterocycles. The Morgan fingerprint density at radius 2 is 1.82 bits per heavy atom. The molecule has 3 heterocycles. The molecule has 2 aliphatic rings. The second-order valence-electron chi connectivity index (χ2n) is 9.19. The van der Waals surface area contributed by atoms with Gasteiger partial charge in [0, 0.05) is 37.4 Å². The minimum Gasteiger partial charge on any atom is -0.444 e. The van der Waals surface area contributed by atoms with Gasteiger partial charge in [-0.3, -0.25) is 4.98 Å². The Hall–Kier alpha value is -2.92. The molecule has 0 aliphatic carbocycles. The Bertz CT molecular complexity index is 1120. The van der Waals surface area contributed by atoms with Crippen molar-refractivity contribution < 1.29 is 22.7 Å². The van der Waals surface area contributed by atoms with E-state index in [2.05, 4.69) is 14.9 Å². The predicted molar refractivity (Wildman–Crippen MR) is 124 cm³/mol. The molecule has 4 rings (SSSR count). The van der Waals surface area contributed by atoms with Crippen LogP contribution in [0.3, 0.4) is 0 Å². The highest BCUT2D eigenvalue weighted by Crippen LogP contribution is 2.32. The molecule has 0 unspecified atom stereocenters. The zero-order valence-electron chi connectivity index (χ0n) is 19.0. The number of benzene rings is 1. The lowest BCUT2D eigenvalue weighted by Gasteiger charge is -2.39. The Balaban J connectivity index is 1.62. The third-order valence-electron chi connectivity index (χ3n) is 5.50. The van der Waals surface area contributed by atoms with Gasteiger partial charge in [-0.2, -0.15) is 0 Å². The largest absolute Gasteiger partial charge is 0.444 e. The molecule has 178 valence electrons. The summed E-state index contributed by atoms with van der Waals surface area (Å²) in [6, 6.07) is 5.19. The molecule has 0 atom stereocenters. The van der Waals surface area contributed by atoms with Gasteiger partial charge in [0.15, 0.2) is 9.84 Å². The van der Waals surface area contributed by atoms with Crippen LogP contribution in [0.2, 0.25) is 0 Å². The molecule has 2 aliphatic heterocycles. The molecule has 0 spiro atoms. The van der Waals surface area contributed by atoms with E-state index in [1.807, 2.05) is 6.07 Å². The van der Waals surface area contributed by atoms with Gasteiger partial charge in [-0.05, 0) is 39.0 Å². The number of amides is 1. The number of aromatic nitrogens is 2. The zero-order valence-corrected chi connectivity index (χ0v) is 19.8. The molecule has 11 heteroatoms. The van der Waals surface area contributed by atoms with Crippen molar-refractivity contribution in [3.05, 3.63) is 30.6 Å². The maximum absolute atomic E-state index is 13.5. The Labute approximate surface area is 193 Å². The van der Waals surface area contributed by atoms with Crippen LogP contribution in [0.1, 0.15) is 20.8 Å². The van der Waals surface area contributed by atoms with Gasteiger partial charge in [0.25, 0.3) is 0 Å². The average Bonchev–Trinajstić information content (AvgIpc) is 2.72. The maximum Gasteiger partial charge on any atom is 0.410 e. The highest BCUT2D eigenvalue weighted by Gasteiger charge is 2.42. The highest BCUT2D eigenvalue weighted by atomic mass is 32.2. The summed E-state index contributed by atoms with van der Waals surface area (Å²) < 4.78 is 37.7. The molecule has 33 heavy (non-hydrogen) atoms. The van der Waals surface area contributed by atoms with Gasteiger partial charge in [0.2, 0.25) is 0 Å². The van der Waals surface area contributed by atoms with Crippen molar-refractivity contribution in [3.8, 4) is 11.3 Å². The Kier molecular flexibility index (Phi) is 6.19. The van der Waals surface area contributed by atoms with Crippen LogP contribution < -0.4 is 10.6 Å². The average molecular weight is 476 g/mol. The van der Waals surface area contributed by atoms with Gasteiger partial charge in [0.05, 0.1) is 36.2 Å². The number of rotatable bonds is 4. The predicted octanol–water partition coefficient (Wildman–Crippen LogP) is 1.96. The van der Waals surface area contributed by atoms with Crippen LogP contribution in [-0.4, -0.2) is 79.6 Å². The third kappa shape index (κ3) is 5.19. The molecule has 2 saturated heterocycles. The number of nitrogen functional groups attached to an aromatic ring is 1. The summed E-state index contributed by atoms with van der Waals surface area (Å²) in [5.41, 5.74) is 6.96. The number of nitrogens with two attached hydrogens (primary N) is 1. The van der Waals surface area contributed by atoms with E-state index < -0.39 is 26.8 Å². The summed E-state index contributed by atoms with van der Waals surface area (Å²) in [4.78, 5) is 24.3. The number of hydrogen-bond donors (Lipinski definition) is 1. The van der Waals surface area contributed by atoms with E-state index in [9.17, 15) is 13.2 Å². The minimum absolute atomic E-state index is 0.0933. The van der Waals surface area contributed by atoms with Crippen molar-refractivity contribution in [2.75, 3.05) is 50.0 Å². The van der Waals surface area contributed by atoms with E-state index in [0.29, 0.717) is 37.6 Å². The van der Waals surface area contributed by atoms with Gasteiger partial charge in [-0.15, -0.1) is 0 Å². The molecular weight excluding hydrogens is 446 g/mol. The topological polar surface area (TPSA) is 128 Å². The number of likely N-dealkylation sites (tertiary alicyclic amines) is 1. The summed E-state index contributed by atoms with van der Waals surface area (Å²) in [6.07, 6.45) is 2.46. The quantitative estimate of drug-likeness (QED) is 0.705. The number of ether oxygens (including phenoxy) is 2. The first-order valence-corrected chi connectivity index (χ1v) is 12.3. The summed E-state index contributed by atoms with van der Waals surface area (Å²) in [6.45, 7) is 7.97. The molecule has 2 N–H and O–H groups in total. The first kappa shape index (κ1) is 23.2. The van der Waals surface area contributed by atoms with E-state index in [4.69, 9.17) is 15.2 Å². The van der Waals surface area contributed by atoms with E-state index >= 15 is 0 Å². The monoisotopic (exact) mass is 475 g/mol. The number of anilines is 2. The molecule has 0 radical (unpaired) electrons. The molecular formula is C22H29N5O5S. The Morgan fingerprint density at radius 3 is 2.42 bits per heavy atom. The van der Waals surface area contributed by atoms with E-state index in [1.54, 1.807) is 32.9 Å². The van der Waals surface area contributed by atoms with Crippen molar-refractivity contribution >= 4 is 27.4 Å². The van der Waals surface area contributed by atoms with Gasteiger partial charge in [-0.25, -0.2) is 18.2 Å². The van der Waals surface area contributed by atoms with E-state index in [1.165, 1.54) is 17.3 Å². The lowest BCUT2D eigenvalue weighted by atomic mass is 10.1. The highest BCUT2D eigenvalue weighted by molar-refractivity contribution is 7.92. The third-order valence-corrected chi connectivity index (χ3v) is 7.57. The van der Waals surface area contributed by atoms with Crippen LogP contribution in [0.5, 0.6) is 0 Å². The smallest absolute Gasteiger partial charge is 0.410 e. The number of carbonyl (C=O) groups is 1. The minimum atomic E-state index is -3.69. The summed E-state index contributed by atoms with van der Waals surface area (Å²) in [5, 5.41) is -0.699. The SMILES string of the molecule is CC(C)(C)OC(=O)N1CC(S(=O)(=O)c2cc(-c3cnc(N)cn3)cc(N3CCOCC3)c2)C1. The van der Waals surface area contributed by atoms with Crippen LogP contribution in [0.15, 0.2) is 35.5 Å². The second kappa shape index (κ2) is 8.79. The molecule has 0 bridgehead atoms. The van der Waals surface area contributed by atoms with E-state index in [-0.39, 0.29) is 23.8 Å². The first-order valence-electron chi connectivity index (χ1n) is 10.8. The van der Waals surface area contributed by atoms with Gasteiger partial charge in [0.1, 0.15) is 16.7 Å². The standard InChI is InChI=1S/C22H29N5O5S/c1-22(2,3)32-21(28)27-13-18(14-27)33(29,30)17-9-15(19-11-25-20(23)12-24-19)8-16(10-17)26-4-6-31-7-5-26/h8-12,18H,4-7,13-14H2,1-3H3,(H2,23,25). The van der Waals surface area contributed by atoms with Gasteiger partial charge < -0.3 is 25.0 Å². The maximum atomic E-state index is 13.5. The number of hydrogen-bond acceptors (Lipinski definition) is 9. The molecule has 1 amide bonds. The summed E-state index contributed by atoms with van der Waals surface area (Å²) in [5.74, 6) is 0.285. The normalized spacial score (nSPS) is 17.5. The molecule has 2 fully saturated rings. The number of morpholine rings is 1. The van der Waals surface area contributed by atoms with Crippen LogP contribution >= 0.6 is 0 Å². The van der Waals surface area contributed by atoms with Crippen LogP contribution in [-0.2, 0) is 19.3 Å². The number of nitrogens with zero attached hydrogens (tertiary/aromatic N) is 4. The fourth-order valence-corrected chi connectivity index (χ4v) is 5.40. The van der Waals surface area contributed by atoms with Crippen molar-refractivity contribution in [3.63, 3.8) is 0 Å². The lowest BCUT2D eigenvalue weighted by molar-refractivity contribution is 0.0139. The molecule has 0 saturated carbocycles. The van der Waals surface area contributed by atoms with Crippen molar-refractivity contribution in [1.82, 2.24) is 14.9 Å². The molecule has 10 nitrogen and oxygen atoms in total. The zero-order chi connectivity index (χ0) is 23.8. The number of sulfone groups is 1. The molecule has 1 aromatic carbocycles. The van der Waals surface area contributed by atoms with Gasteiger partial charge in [-0.1, -0.05) is 0 Å². The fraction of sp³-hybridized carbons (Fsp3) is 0.500. The summed E-state index contributed by atoms with van der Waals surface area (Å²) in [7, 11) is -3.69. The fourth-order valence-electron chi connectivity index (χ4n) is 3.69. The van der Waals surface area contributed by atoms with Crippen LogP contribution in [0.25, 0.3) is 11.3 Å². The second-order valence-corrected chi connectivity index (χ2v) is 11.4. The van der Waals surface area contributed by atoms with Crippen molar-refractivity contribution in [2.24, 2.45) is 0 Å².